The van der Waals surface area contributed by atoms with Crippen LogP contribution in [0.25, 0.3) is 0 Å². The van der Waals surface area contributed by atoms with Crippen LogP contribution >= 0.6 is 0 Å². The van der Waals surface area contributed by atoms with Crippen molar-refractivity contribution >= 4 is 5.91 Å². The number of aliphatic hydroxyl groups excluding tert-OH is 11. The number of carbonyl (C=O) groups is 1. The number of aliphatic hydroxyl groups is 11. The summed E-state index contributed by atoms with van der Waals surface area (Å²) in [5.74, 6) is -0.238. The van der Waals surface area contributed by atoms with E-state index in [1.54, 1.807) is 0 Å². The molecule has 0 aromatic carbocycles. The highest BCUT2D eigenvalue weighted by Crippen LogP contribution is 2.33. The Morgan fingerprint density at radius 2 is 0.679 bits per heavy atom. The summed E-state index contributed by atoms with van der Waals surface area (Å²) in [6.07, 6.45) is 23.3. The van der Waals surface area contributed by atoms with E-state index in [1.807, 2.05) is 0 Å². The van der Waals surface area contributed by atoms with E-state index < -0.39 is 124 Å². The predicted octanol–water partition coefficient (Wildman–Crippen LogP) is 8.33. The molecule has 0 bridgehead atoms. The van der Waals surface area contributed by atoms with Crippen molar-refractivity contribution in [3.63, 3.8) is 0 Å². The first-order valence-electron chi connectivity index (χ1n) is 34.3. The molecule has 0 saturated carbocycles. The Labute approximate surface area is 506 Å². The molecule has 498 valence electrons. The van der Waals surface area contributed by atoms with Crippen molar-refractivity contribution < 1.29 is 89.4 Å². The van der Waals surface area contributed by atoms with Gasteiger partial charge in [-0.3, -0.25) is 4.79 Å². The molecule has 3 rings (SSSR count). The Bertz CT molecular complexity index is 1540. The van der Waals surface area contributed by atoms with Gasteiger partial charge in [-0.1, -0.05) is 258 Å². The molecule has 12 N–H and O–H groups in total. The lowest BCUT2D eigenvalue weighted by Gasteiger charge is -2.48. The zero-order chi connectivity index (χ0) is 61.2. The third-order valence-electron chi connectivity index (χ3n) is 17.7. The molecule has 0 aromatic rings. The molecule has 3 saturated heterocycles. The molecule has 1 amide bonds. The van der Waals surface area contributed by atoms with Crippen molar-refractivity contribution in [3.05, 3.63) is 0 Å². The minimum absolute atomic E-state index is 0.238. The van der Waals surface area contributed by atoms with Gasteiger partial charge in [0.05, 0.1) is 38.6 Å². The highest BCUT2D eigenvalue weighted by molar-refractivity contribution is 5.76. The first-order valence-corrected chi connectivity index (χ1v) is 34.3. The summed E-state index contributed by atoms with van der Waals surface area (Å²) in [6, 6.07) is -0.881. The molecule has 3 aliphatic heterocycles. The normalized spacial score (nSPS) is 29.1. The van der Waals surface area contributed by atoms with Crippen LogP contribution in [-0.4, -0.2) is 193 Å². The van der Waals surface area contributed by atoms with Crippen LogP contribution < -0.4 is 5.32 Å². The summed E-state index contributed by atoms with van der Waals surface area (Å²) in [4.78, 5) is 13.4. The third kappa shape index (κ3) is 31.0. The number of nitrogens with one attached hydrogen (secondary N) is 1. The van der Waals surface area contributed by atoms with Gasteiger partial charge in [-0.2, -0.15) is 0 Å². The zero-order valence-electron chi connectivity index (χ0n) is 52.4. The lowest BCUT2D eigenvalue weighted by molar-refractivity contribution is -0.379. The standard InChI is InChI=1S/C65H125NO18/c1-3-5-7-9-11-13-15-17-19-20-21-22-23-24-25-26-27-28-29-30-32-34-36-38-40-42-49(70)48(66-53(71)43-41-39-37-35-33-31-18-16-14-12-10-8-6-4-2)47-79-63-59(77)56(74)61(51(45-68)81-63)84-65-60(78)57(75)62(52(46-69)82-65)83-64-58(76)55(73)54(72)50(44-67)80-64/h48-52,54-65,67-70,72-78H,3-47H2,1-2H3,(H,66,71). The van der Waals surface area contributed by atoms with Gasteiger partial charge in [0.1, 0.15) is 73.2 Å². The van der Waals surface area contributed by atoms with E-state index in [2.05, 4.69) is 19.2 Å². The zero-order valence-corrected chi connectivity index (χ0v) is 52.4. The Morgan fingerprint density at radius 1 is 0.381 bits per heavy atom. The number of unbranched alkanes of at least 4 members (excludes halogenated alkanes) is 37. The lowest BCUT2D eigenvalue weighted by Crippen LogP contribution is -2.66. The summed E-state index contributed by atoms with van der Waals surface area (Å²) in [5, 5.41) is 121. The average molecular weight is 1210 g/mol. The van der Waals surface area contributed by atoms with Crippen molar-refractivity contribution in [3.8, 4) is 0 Å². The van der Waals surface area contributed by atoms with E-state index in [0.717, 1.165) is 44.9 Å². The Balaban J connectivity index is 1.42. The molecule has 17 atom stereocenters. The topological polar surface area (TPSA) is 307 Å². The Kier molecular flexibility index (Phi) is 44.6. The van der Waals surface area contributed by atoms with Gasteiger partial charge < -0.3 is 89.9 Å². The SMILES string of the molecule is CCCCCCCCCCCCCCCCCCCCCCCCCCCC(O)C(COC1OC(CO)C(OC2OC(CO)C(OC3OC(CO)C(O)C(O)C3O)C(O)C2O)C(O)C1O)NC(=O)CCCCCCCCCCCCCCCC. The van der Waals surface area contributed by atoms with Crippen molar-refractivity contribution in [2.24, 2.45) is 0 Å². The van der Waals surface area contributed by atoms with Gasteiger partial charge in [0.25, 0.3) is 0 Å². The van der Waals surface area contributed by atoms with Gasteiger partial charge in [-0.15, -0.1) is 0 Å². The first-order chi connectivity index (χ1) is 40.8. The van der Waals surface area contributed by atoms with Crippen molar-refractivity contribution in [2.75, 3.05) is 26.4 Å². The van der Waals surface area contributed by atoms with E-state index >= 15 is 0 Å². The second-order valence-electron chi connectivity index (χ2n) is 25.0. The van der Waals surface area contributed by atoms with Crippen molar-refractivity contribution in [2.45, 2.75) is 381 Å². The number of amides is 1. The van der Waals surface area contributed by atoms with Gasteiger partial charge in [-0.25, -0.2) is 0 Å². The maximum Gasteiger partial charge on any atom is 0.220 e. The van der Waals surface area contributed by atoms with E-state index in [0.29, 0.717) is 12.8 Å². The summed E-state index contributed by atoms with van der Waals surface area (Å²) >= 11 is 0. The Morgan fingerprint density at radius 3 is 1.04 bits per heavy atom. The molecule has 17 unspecified atom stereocenters. The minimum atomic E-state index is -1.97. The number of rotatable bonds is 53. The second kappa shape index (κ2) is 48.6. The maximum atomic E-state index is 13.4. The molecule has 84 heavy (non-hydrogen) atoms. The molecule has 0 aliphatic carbocycles. The van der Waals surface area contributed by atoms with Crippen LogP contribution in [0.2, 0.25) is 0 Å². The number of carbonyl (C=O) groups excluding carboxylic acids is 1. The highest BCUT2D eigenvalue weighted by atomic mass is 16.8. The van der Waals surface area contributed by atoms with Crippen LogP contribution in [0.4, 0.5) is 0 Å². The fourth-order valence-electron chi connectivity index (χ4n) is 12.1. The van der Waals surface area contributed by atoms with Crippen LogP contribution in [0, 0.1) is 0 Å². The molecule has 3 aliphatic rings. The van der Waals surface area contributed by atoms with Gasteiger partial charge in [-0.05, 0) is 12.8 Å². The maximum absolute atomic E-state index is 13.4. The quantitative estimate of drug-likeness (QED) is 0.0255. The van der Waals surface area contributed by atoms with Crippen LogP contribution in [0.5, 0.6) is 0 Å². The molecule has 0 aromatic heterocycles. The molecule has 19 nitrogen and oxygen atoms in total. The molecule has 0 radical (unpaired) electrons. The number of hydrogen-bond acceptors (Lipinski definition) is 18. The van der Waals surface area contributed by atoms with E-state index in [4.69, 9.17) is 28.4 Å². The lowest BCUT2D eigenvalue weighted by atomic mass is 9.96. The summed E-state index contributed by atoms with van der Waals surface area (Å²) in [6.45, 7) is 1.83. The fourth-order valence-corrected chi connectivity index (χ4v) is 12.1. The molecule has 0 spiro atoms. The Hall–Kier alpha value is -1.21. The fraction of sp³-hybridized carbons (Fsp3) is 0.985. The third-order valence-corrected chi connectivity index (χ3v) is 17.7. The second-order valence-corrected chi connectivity index (χ2v) is 25.0. The first kappa shape index (κ1) is 77.0. The predicted molar refractivity (Wildman–Crippen MR) is 324 cm³/mol. The molecule has 3 heterocycles. The largest absolute Gasteiger partial charge is 0.394 e. The van der Waals surface area contributed by atoms with Crippen LogP contribution in [0.1, 0.15) is 277 Å². The molecule has 3 fully saturated rings. The van der Waals surface area contributed by atoms with Gasteiger partial charge >= 0.3 is 0 Å². The van der Waals surface area contributed by atoms with E-state index in [1.165, 1.54) is 199 Å². The molecule has 19 heteroatoms. The highest BCUT2D eigenvalue weighted by Gasteiger charge is 2.53. The summed E-state index contributed by atoms with van der Waals surface area (Å²) in [5.41, 5.74) is 0. The summed E-state index contributed by atoms with van der Waals surface area (Å²) < 4.78 is 34.4. The van der Waals surface area contributed by atoms with E-state index in [-0.39, 0.29) is 18.9 Å². The smallest absolute Gasteiger partial charge is 0.220 e. The van der Waals surface area contributed by atoms with Crippen LogP contribution in [-0.2, 0) is 33.2 Å². The number of hydrogen-bond donors (Lipinski definition) is 12. The monoisotopic (exact) mass is 1210 g/mol. The van der Waals surface area contributed by atoms with Gasteiger partial charge in [0.2, 0.25) is 5.91 Å². The van der Waals surface area contributed by atoms with Gasteiger partial charge in [0, 0.05) is 6.42 Å². The van der Waals surface area contributed by atoms with Crippen LogP contribution in [0.3, 0.4) is 0 Å². The van der Waals surface area contributed by atoms with Crippen molar-refractivity contribution in [1.29, 1.82) is 0 Å². The van der Waals surface area contributed by atoms with Crippen LogP contribution in [0.15, 0.2) is 0 Å². The van der Waals surface area contributed by atoms with Crippen molar-refractivity contribution in [1.82, 2.24) is 5.32 Å². The average Bonchev–Trinajstić information content (AvgIpc) is 2.54. The van der Waals surface area contributed by atoms with Gasteiger partial charge in [0.15, 0.2) is 18.9 Å². The minimum Gasteiger partial charge on any atom is -0.394 e. The summed E-state index contributed by atoms with van der Waals surface area (Å²) in [7, 11) is 0. The molecular formula is C65H125NO18. The number of ether oxygens (including phenoxy) is 6. The molecular weight excluding hydrogens is 1080 g/mol. The van der Waals surface area contributed by atoms with E-state index in [9.17, 15) is 61.0 Å².